The molecular weight excluding hydrogens is 256 g/mol. The Balaban J connectivity index is 2.83. The highest BCUT2D eigenvalue weighted by Crippen LogP contribution is 2.33. The van der Waals surface area contributed by atoms with E-state index in [9.17, 15) is 10.1 Å². The highest BCUT2D eigenvalue weighted by Gasteiger charge is 2.41. The van der Waals surface area contributed by atoms with Crippen LogP contribution in [0.3, 0.4) is 0 Å². The van der Waals surface area contributed by atoms with Crippen molar-refractivity contribution in [3.63, 3.8) is 0 Å². The first-order chi connectivity index (χ1) is 9.13. The summed E-state index contributed by atoms with van der Waals surface area (Å²) in [6.07, 6.45) is 4.25. The summed E-state index contributed by atoms with van der Waals surface area (Å²) in [4.78, 5) is 14.7. The summed E-state index contributed by atoms with van der Waals surface area (Å²) in [5, 5.41) is 10.1. The molecule has 0 spiro atoms. The standard InChI is InChI=1S/C15H26N2OS/c1-4-7-15(12-16,8-5-2)14(18)17-9-10-19-13(6-3)11-17/h13H,4-11H2,1-3H3. The summed E-state index contributed by atoms with van der Waals surface area (Å²) in [5.41, 5.74) is -0.774. The maximum Gasteiger partial charge on any atom is 0.243 e. The molecule has 1 atom stereocenters. The van der Waals surface area contributed by atoms with Crippen molar-refractivity contribution in [3.8, 4) is 6.07 Å². The number of carbonyl (C=O) groups excluding carboxylic acids is 1. The average molecular weight is 282 g/mol. The zero-order valence-electron chi connectivity index (χ0n) is 12.4. The van der Waals surface area contributed by atoms with Crippen LogP contribution in [0, 0.1) is 16.7 Å². The van der Waals surface area contributed by atoms with Gasteiger partial charge in [0.15, 0.2) is 0 Å². The summed E-state index contributed by atoms with van der Waals surface area (Å²) in [5.74, 6) is 1.08. The summed E-state index contributed by atoms with van der Waals surface area (Å²) >= 11 is 1.95. The average Bonchev–Trinajstić information content (AvgIpc) is 2.46. The Hall–Kier alpha value is -0.690. The Kier molecular flexibility index (Phi) is 6.71. The highest BCUT2D eigenvalue weighted by atomic mass is 32.2. The van der Waals surface area contributed by atoms with Crippen molar-refractivity contribution in [3.05, 3.63) is 0 Å². The number of hydrogen-bond donors (Lipinski definition) is 0. The quantitative estimate of drug-likeness (QED) is 0.749. The number of thioether (sulfide) groups is 1. The maximum absolute atomic E-state index is 12.8. The summed E-state index contributed by atoms with van der Waals surface area (Å²) in [6.45, 7) is 7.89. The smallest absolute Gasteiger partial charge is 0.243 e. The van der Waals surface area contributed by atoms with E-state index in [1.54, 1.807) is 0 Å². The first-order valence-corrected chi connectivity index (χ1v) is 8.50. The fourth-order valence-corrected chi connectivity index (χ4v) is 3.99. The minimum absolute atomic E-state index is 0.0810. The fourth-order valence-electron chi connectivity index (χ4n) is 2.81. The van der Waals surface area contributed by atoms with Gasteiger partial charge in [-0.15, -0.1) is 0 Å². The SMILES string of the molecule is CCCC(C#N)(CCC)C(=O)N1CCSC(CC)C1. The molecule has 0 N–H and O–H groups in total. The van der Waals surface area contributed by atoms with Gasteiger partial charge >= 0.3 is 0 Å². The lowest BCUT2D eigenvalue weighted by molar-refractivity contribution is -0.139. The topological polar surface area (TPSA) is 44.1 Å². The molecule has 0 aromatic heterocycles. The lowest BCUT2D eigenvalue weighted by Gasteiger charge is -2.37. The lowest BCUT2D eigenvalue weighted by Crippen LogP contribution is -2.49. The molecule has 0 aromatic carbocycles. The van der Waals surface area contributed by atoms with Crippen molar-refractivity contribution >= 4 is 17.7 Å². The van der Waals surface area contributed by atoms with Gasteiger partial charge in [-0.05, 0) is 19.3 Å². The molecule has 1 saturated heterocycles. The summed E-state index contributed by atoms with van der Waals surface area (Å²) in [6, 6.07) is 2.35. The number of rotatable bonds is 6. The van der Waals surface area contributed by atoms with Crippen LogP contribution in [0.5, 0.6) is 0 Å². The minimum Gasteiger partial charge on any atom is -0.339 e. The number of nitriles is 1. The molecule has 19 heavy (non-hydrogen) atoms. The van der Waals surface area contributed by atoms with Crippen LogP contribution in [0.25, 0.3) is 0 Å². The molecule has 1 aliphatic heterocycles. The van der Waals surface area contributed by atoms with Crippen LogP contribution in [0.2, 0.25) is 0 Å². The molecule has 0 saturated carbocycles. The normalized spacial score (nSPS) is 20.1. The molecule has 0 aliphatic carbocycles. The van der Waals surface area contributed by atoms with E-state index in [1.807, 2.05) is 16.7 Å². The molecule has 1 unspecified atom stereocenters. The second-order valence-corrected chi connectivity index (χ2v) is 6.75. The summed E-state index contributed by atoms with van der Waals surface area (Å²) < 4.78 is 0. The second kappa shape index (κ2) is 7.79. The highest BCUT2D eigenvalue weighted by molar-refractivity contribution is 8.00. The first kappa shape index (κ1) is 16.4. The van der Waals surface area contributed by atoms with E-state index in [-0.39, 0.29) is 5.91 Å². The molecule has 1 aliphatic rings. The van der Waals surface area contributed by atoms with Crippen LogP contribution in [-0.2, 0) is 4.79 Å². The maximum atomic E-state index is 12.8. The molecular formula is C15H26N2OS. The van der Waals surface area contributed by atoms with Crippen LogP contribution in [-0.4, -0.2) is 34.9 Å². The molecule has 1 heterocycles. The van der Waals surface area contributed by atoms with Gasteiger partial charge in [-0.2, -0.15) is 17.0 Å². The van der Waals surface area contributed by atoms with Crippen LogP contribution >= 0.6 is 11.8 Å². The van der Waals surface area contributed by atoms with Crippen molar-refractivity contribution in [2.24, 2.45) is 5.41 Å². The van der Waals surface area contributed by atoms with Gasteiger partial charge < -0.3 is 4.90 Å². The van der Waals surface area contributed by atoms with E-state index in [0.29, 0.717) is 18.1 Å². The van der Waals surface area contributed by atoms with Crippen molar-refractivity contribution in [1.82, 2.24) is 4.90 Å². The van der Waals surface area contributed by atoms with Gasteiger partial charge in [-0.3, -0.25) is 4.79 Å². The van der Waals surface area contributed by atoms with E-state index in [4.69, 9.17) is 0 Å². The third kappa shape index (κ3) is 3.89. The van der Waals surface area contributed by atoms with E-state index >= 15 is 0 Å². The molecule has 1 fully saturated rings. The zero-order chi connectivity index (χ0) is 14.3. The zero-order valence-corrected chi connectivity index (χ0v) is 13.3. The Labute approximate surface area is 121 Å². The third-order valence-corrected chi connectivity index (χ3v) is 5.23. The van der Waals surface area contributed by atoms with Gasteiger partial charge in [-0.25, -0.2) is 0 Å². The minimum atomic E-state index is -0.774. The Bertz CT molecular complexity index is 332. The van der Waals surface area contributed by atoms with Crippen LogP contribution < -0.4 is 0 Å². The van der Waals surface area contributed by atoms with Crippen molar-refractivity contribution in [2.45, 2.75) is 58.1 Å². The van der Waals surface area contributed by atoms with Gasteiger partial charge in [0.05, 0.1) is 6.07 Å². The van der Waals surface area contributed by atoms with Crippen molar-refractivity contribution < 1.29 is 4.79 Å². The van der Waals surface area contributed by atoms with E-state index in [0.717, 1.165) is 38.1 Å². The predicted molar refractivity (Wildman–Crippen MR) is 81.0 cm³/mol. The van der Waals surface area contributed by atoms with E-state index in [2.05, 4.69) is 26.8 Å². The van der Waals surface area contributed by atoms with E-state index < -0.39 is 5.41 Å². The third-order valence-electron chi connectivity index (χ3n) is 3.86. The largest absolute Gasteiger partial charge is 0.339 e. The Morgan fingerprint density at radius 2 is 2.00 bits per heavy atom. The molecule has 3 nitrogen and oxygen atoms in total. The van der Waals surface area contributed by atoms with Crippen LogP contribution in [0.15, 0.2) is 0 Å². The molecule has 4 heteroatoms. The van der Waals surface area contributed by atoms with Gasteiger partial charge in [0, 0.05) is 24.1 Å². The number of nitrogens with zero attached hydrogens (tertiary/aromatic N) is 2. The molecule has 108 valence electrons. The van der Waals surface area contributed by atoms with Gasteiger partial charge in [0.25, 0.3) is 0 Å². The van der Waals surface area contributed by atoms with Crippen molar-refractivity contribution in [1.29, 1.82) is 5.26 Å². The fraction of sp³-hybridized carbons (Fsp3) is 0.867. The van der Waals surface area contributed by atoms with Crippen LogP contribution in [0.1, 0.15) is 52.9 Å². The summed E-state index contributed by atoms with van der Waals surface area (Å²) in [7, 11) is 0. The number of carbonyl (C=O) groups is 1. The number of amides is 1. The van der Waals surface area contributed by atoms with Gasteiger partial charge in [0.1, 0.15) is 5.41 Å². The predicted octanol–water partition coefficient (Wildman–Crippen LogP) is 3.45. The van der Waals surface area contributed by atoms with Crippen molar-refractivity contribution in [2.75, 3.05) is 18.8 Å². The molecule has 0 aromatic rings. The first-order valence-electron chi connectivity index (χ1n) is 7.45. The second-order valence-electron chi connectivity index (χ2n) is 5.35. The molecule has 1 amide bonds. The molecule has 1 rings (SSSR count). The Morgan fingerprint density at radius 1 is 1.37 bits per heavy atom. The molecule has 0 bridgehead atoms. The lowest BCUT2D eigenvalue weighted by atomic mass is 9.79. The Morgan fingerprint density at radius 3 is 2.47 bits per heavy atom. The number of hydrogen-bond acceptors (Lipinski definition) is 3. The van der Waals surface area contributed by atoms with Crippen LogP contribution in [0.4, 0.5) is 0 Å². The van der Waals surface area contributed by atoms with Gasteiger partial charge in [0.2, 0.25) is 5.91 Å². The monoisotopic (exact) mass is 282 g/mol. The molecule has 0 radical (unpaired) electrons. The van der Waals surface area contributed by atoms with Gasteiger partial charge in [-0.1, -0.05) is 33.6 Å². The van der Waals surface area contributed by atoms with E-state index in [1.165, 1.54) is 0 Å².